The van der Waals surface area contributed by atoms with Gasteiger partial charge in [0.05, 0.1) is 25.7 Å². The molecule has 0 radical (unpaired) electrons. The van der Waals surface area contributed by atoms with E-state index in [1.165, 1.54) is 13.2 Å². The summed E-state index contributed by atoms with van der Waals surface area (Å²) in [4.78, 5) is 0. The number of methoxy groups -OCH3 is 1. The second kappa shape index (κ2) is 4.91. The predicted octanol–water partition coefficient (Wildman–Crippen LogP) is 3.60. The average molecular weight is 235 g/mol. The Labute approximate surface area is 99.2 Å². The molecule has 1 heterocycles. The minimum absolute atomic E-state index is 0.0870. The van der Waals surface area contributed by atoms with E-state index in [9.17, 15) is 4.39 Å². The second-order valence-electron chi connectivity index (χ2n) is 3.77. The van der Waals surface area contributed by atoms with E-state index in [0.29, 0.717) is 0 Å². The van der Waals surface area contributed by atoms with E-state index >= 15 is 0 Å². The van der Waals surface area contributed by atoms with Gasteiger partial charge in [0.2, 0.25) is 0 Å². The van der Waals surface area contributed by atoms with Crippen LogP contribution in [0.3, 0.4) is 0 Å². The molecule has 0 spiro atoms. The highest BCUT2D eigenvalue weighted by Crippen LogP contribution is 2.25. The molecule has 1 aromatic carbocycles. The van der Waals surface area contributed by atoms with Crippen LogP contribution in [-0.4, -0.2) is 7.11 Å². The molecule has 0 aliphatic rings. The molecule has 1 unspecified atom stereocenters. The minimum atomic E-state index is -0.367. The van der Waals surface area contributed by atoms with Gasteiger partial charge in [-0.3, -0.25) is 0 Å². The van der Waals surface area contributed by atoms with E-state index in [-0.39, 0.29) is 17.6 Å². The number of anilines is 1. The van der Waals surface area contributed by atoms with E-state index in [2.05, 4.69) is 5.32 Å². The molecule has 0 fully saturated rings. The molecule has 0 bridgehead atoms. The smallest absolute Gasteiger partial charge is 0.165 e. The molecular formula is C13H14FNO2. The number of benzene rings is 1. The maximum atomic E-state index is 13.2. The van der Waals surface area contributed by atoms with Crippen LogP contribution in [0, 0.1) is 5.82 Å². The molecule has 0 saturated carbocycles. The van der Waals surface area contributed by atoms with Gasteiger partial charge in [-0.15, -0.1) is 0 Å². The Kier molecular flexibility index (Phi) is 3.32. The topological polar surface area (TPSA) is 34.4 Å². The zero-order valence-electron chi connectivity index (χ0n) is 9.74. The van der Waals surface area contributed by atoms with Gasteiger partial charge in [-0.25, -0.2) is 4.39 Å². The molecule has 1 aromatic heterocycles. The third-order valence-electron chi connectivity index (χ3n) is 2.58. The molecule has 90 valence electrons. The number of ether oxygens (including phenoxy) is 1. The van der Waals surface area contributed by atoms with Crippen LogP contribution in [0.4, 0.5) is 10.1 Å². The summed E-state index contributed by atoms with van der Waals surface area (Å²) < 4.78 is 23.2. The first-order valence-corrected chi connectivity index (χ1v) is 5.33. The monoisotopic (exact) mass is 235 g/mol. The molecular weight excluding hydrogens is 221 g/mol. The molecule has 0 amide bonds. The molecule has 0 aliphatic heterocycles. The molecule has 4 heteroatoms. The van der Waals surface area contributed by atoms with E-state index in [0.717, 1.165) is 11.3 Å². The van der Waals surface area contributed by atoms with Crippen molar-refractivity contribution in [3.8, 4) is 5.75 Å². The van der Waals surface area contributed by atoms with Crippen LogP contribution in [0.2, 0.25) is 0 Å². The number of hydrogen-bond donors (Lipinski definition) is 1. The van der Waals surface area contributed by atoms with Crippen molar-refractivity contribution in [2.45, 2.75) is 13.0 Å². The summed E-state index contributed by atoms with van der Waals surface area (Å²) in [5.41, 5.74) is 1.84. The van der Waals surface area contributed by atoms with Gasteiger partial charge in [0.1, 0.15) is 0 Å². The largest absolute Gasteiger partial charge is 0.494 e. The first-order valence-electron chi connectivity index (χ1n) is 5.33. The number of furan rings is 1. The minimum Gasteiger partial charge on any atom is -0.494 e. The Morgan fingerprint density at radius 1 is 1.35 bits per heavy atom. The summed E-state index contributed by atoms with van der Waals surface area (Å²) in [5.74, 6) is -0.136. The summed E-state index contributed by atoms with van der Waals surface area (Å²) in [6.07, 6.45) is 3.30. The fraction of sp³-hybridized carbons (Fsp3) is 0.231. The summed E-state index contributed by atoms with van der Waals surface area (Å²) in [7, 11) is 1.45. The second-order valence-corrected chi connectivity index (χ2v) is 3.77. The Balaban J connectivity index is 2.13. The van der Waals surface area contributed by atoms with Crippen LogP contribution in [0.1, 0.15) is 18.5 Å². The number of nitrogens with one attached hydrogen (secondary N) is 1. The van der Waals surface area contributed by atoms with Crippen molar-refractivity contribution >= 4 is 5.69 Å². The third-order valence-corrected chi connectivity index (χ3v) is 2.58. The summed E-state index contributed by atoms with van der Waals surface area (Å²) in [6.45, 7) is 2.00. The van der Waals surface area contributed by atoms with Crippen molar-refractivity contribution in [3.05, 3.63) is 48.2 Å². The van der Waals surface area contributed by atoms with Gasteiger partial charge in [0.15, 0.2) is 11.6 Å². The zero-order valence-corrected chi connectivity index (χ0v) is 9.74. The standard InChI is InChI=1S/C13H14FNO2/c1-9(10-5-6-17-8-10)15-11-3-4-12(14)13(7-11)16-2/h3-9,15H,1-2H3. The highest BCUT2D eigenvalue weighted by Gasteiger charge is 2.08. The van der Waals surface area contributed by atoms with Crippen molar-refractivity contribution in [1.29, 1.82) is 0 Å². The Bertz CT molecular complexity index is 482. The zero-order chi connectivity index (χ0) is 12.3. The van der Waals surface area contributed by atoms with E-state index in [1.807, 2.05) is 13.0 Å². The Hall–Kier alpha value is -1.97. The summed E-state index contributed by atoms with van der Waals surface area (Å²) >= 11 is 0. The van der Waals surface area contributed by atoms with E-state index in [1.54, 1.807) is 24.7 Å². The number of rotatable bonds is 4. The molecule has 0 aliphatic carbocycles. The van der Waals surface area contributed by atoms with Gasteiger partial charge in [0, 0.05) is 17.3 Å². The first-order chi connectivity index (χ1) is 8.20. The predicted molar refractivity (Wildman–Crippen MR) is 63.7 cm³/mol. The van der Waals surface area contributed by atoms with Gasteiger partial charge < -0.3 is 14.5 Å². The van der Waals surface area contributed by atoms with Crippen molar-refractivity contribution in [2.75, 3.05) is 12.4 Å². The van der Waals surface area contributed by atoms with Crippen LogP contribution in [0.25, 0.3) is 0 Å². The summed E-state index contributed by atoms with van der Waals surface area (Å²) in [5, 5.41) is 3.24. The lowest BCUT2D eigenvalue weighted by atomic mass is 10.1. The van der Waals surface area contributed by atoms with Crippen molar-refractivity contribution < 1.29 is 13.5 Å². The van der Waals surface area contributed by atoms with Gasteiger partial charge >= 0.3 is 0 Å². The number of hydrogen-bond acceptors (Lipinski definition) is 3. The molecule has 0 saturated heterocycles. The average Bonchev–Trinajstić information content (AvgIpc) is 2.85. The van der Waals surface area contributed by atoms with Crippen LogP contribution in [-0.2, 0) is 0 Å². The van der Waals surface area contributed by atoms with Crippen LogP contribution in [0.5, 0.6) is 5.75 Å². The van der Waals surface area contributed by atoms with Gasteiger partial charge in [-0.2, -0.15) is 0 Å². The van der Waals surface area contributed by atoms with Gasteiger partial charge in [-0.1, -0.05) is 0 Å². The normalized spacial score (nSPS) is 12.2. The van der Waals surface area contributed by atoms with Crippen molar-refractivity contribution in [1.82, 2.24) is 0 Å². The fourth-order valence-electron chi connectivity index (χ4n) is 1.60. The highest BCUT2D eigenvalue weighted by molar-refractivity contribution is 5.50. The Morgan fingerprint density at radius 2 is 2.18 bits per heavy atom. The molecule has 17 heavy (non-hydrogen) atoms. The lowest BCUT2D eigenvalue weighted by Gasteiger charge is -2.14. The quantitative estimate of drug-likeness (QED) is 0.879. The Morgan fingerprint density at radius 3 is 2.82 bits per heavy atom. The fourth-order valence-corrected chi connectivity index (χ4v) is 1.60. The lowest BCUT2D eigenvalue weighted by Crippen LogP contribution is -2.05. The van der Waals surface area contributed by atoms with Crippen molar-refractivity contribution in [3.63, 3.8) is 0 Å². The summed E-state index contributed by atoms with van der Waals surface area (Å²) in [6, 6.07) is 6.66. The van der Waals surface area contributed by atoms with Crippen LogP contribution >= 0.6 is 0 Å². The van der Waals surface area contributed by atoms with Crippen LogP contribution in [0.15, 0.2) is 41.2 Å². The molecule has 3 nitrogen and oxygen atoms in total. The number of halogens is 1. The highest BCUT2D eigenvalue weighted by atomic mass is 19.1. The van der Waals surface area contributed by atoms with E-state index < -0.39 is 0 Å². The molecule has 1 N–H and O–H groups in total. The maximum absolute atomic E-state index is 13.2. The van der Waals surface area contributed by atoms with Gasteiger partial charge in [0.25, 0.3) is 0 Å². The third kappa shape index (κ3) is 2.58. The SMILES string of the molecule is COc1cc(NC(C)c2ccoc2)ccc1F. The van der Waals surface area contributed by atoms with Crippen LogP contribution < -0.4 is 10.1 Å². The first kappa shape index (κ1) is 11.5. The van der Waals surface area contributed by atoms with Gasteiger partial charge in [-0.05, 0) is 25.1 Å². The molecule has 2 aromatic rings. The maximum Gasteiger partial charge on any atom is 0.165 e. The van der Waals surface area contributed by atoms with Crippen molar-refractivity contribution in [2.24, 2.45) is 0 Å². The van der Waals surface area contributed by atoms with E-state index in [4.69, 9.17) is 9.15 Å². The lowest BCUT2D eigenvalue weighted by molar-refractivity contribution is 0.387. The molecule has 2 rings (SSSR count). The molecule has 1 atom stereocenters.